The molecule has 0 aromatic rings. The highest BCUT2D eigenvalue weighted by molar-refractivity contribution is 7.90. The van der Waals surface area contributed by atoms with E-state index >= 15 is 0 Å². The van der Waals surface area contributed by atoms with Crippen LogP contribution in [0.1, 0.15) is 90.5 Å². The second kappa shape index (κ2) is 19.6. The van der Waals surface area contributed by atoms with Gasteiger partial charge < -0.3 is 0 Å². The van der Waals surface area contributed by atoms with Crippen LogP contribution in [0.15, 0.2) is 0 Å². The lowest BCUT2D eigenvalue weighted by molar-refractivity contribution is 0.112. The molecule has 0 atom stereocenters. The molecule has 1 rings (SSSR count). The fourth-order valence-electron chi connectivity index (χ4n) is 2.04. The van der Waals surface area contributed by atoms with E-state index < -0.39 is 35.3 Å². The van der Waals surface area contributed by atoms with Crippen molar-refractivity contribution in [3.63, 3.8) is 0 Å². The highest BCUT2D eigenvalue weighted by Gasteiger charge is 2.39. The maximum atomic E-state index is 12.3. The van der Waals surface area contributed by atoms with Gasteiger partial charge in [0.2, 0.25) is 20.0 Å². The number of hydrogen-bond acceptors (Lipinski definition) is 6. The van der Waals surface area contributed by atoms with Gasteiger partial charge in [0.1, 0.15) is 0 Å². The summed E-state index contributed by atoms with van der Waals surface area (Å²) in [6, 6.07) is 0. The largest absolute Gasteiger partial charge is 0.356 e. The Bertz CT molecular complexity index is 871. The molecule has 1 saturated carbocycles. The third-order valence-electron chi connectivity index (χ3n) is 4.25. The third-order valence-corrected chi connectivity index (χ3v) is 9.44. The molecule has 0 unspecified atom stereocenters. The molecule has 232 valence electrons. The van der Waals surface area contributed by atoms with Crippen LogP contribution >= 0.6 is 0 Å². The van der Waals surface area contributed by atoms with Gasteiger partial charge in [-0.3, -0.25) is 0 Å². The number of nitrogens with zero attached hydrogens (tertiary/aromatic N) is 1. The summed E-state index contributed by atoms with van der Waals surface area (Å²) in [6.07, 6.45) is 1.70. The molecule has 1 fully saturated rings. The molecule has 1 aliphatic rings. The van der Waals surface area contributed by atoms with Gasteiger partial charge in [-0.1, -0.05) is 63.8 Å². The summed E-state index contributed by atoms with van der Waals surface area (Å²) in [6.45, 7) is 14.7. The van der Waals surface area contributed by atoms with E-state index in [2.05, 4.69) is 4.72 Å². The Morgan fingerprint density at radius 1 is 0.811 bits per heavy atom. The average molecular weight is 606 g/mol. The zero-order valence-electron chi connectivity index (χ0n) is 21.9. The monoisotopic (exact) mass is 605 g/mol. The maximum absolute atomic E-state index is 12.3. The molecule has 0 amide bonds. The van der Waals surface area contributed by atoms with Crippen molar-refractivity contribution in [3.8, 4) is 0 Å². The molecule has 0 aromatic carbocycles. The molecule has 37 heavy (non-hydrogen) atoms. The number of halogens is 2. The van der Waals surface area contributed by atoms with Gasteiger partial charge in [-0.25, -0.2) is 39.0 Å². The lowest BCUT2D eigenvalue weighted by Crippen LogP contribution is -2.39. The second-order valence-electron chi connectivity index (χ2n) is 9.62. The fraction of sp³-hybridized carbons (Fsp3) is 1.00. The van der Waals surface area contributed by atoms with Gasteiger partial charge in [-0.15, -0.1) is 0 Å². The van der Waals surface area contributed by atoms with Crippen LogP contribution < -0.4 is 9.44 Å². The Labute approximate surface area is 228 Å². The number of nitrogens with one attached hydrogen (secondary N) is 2. The third kappa shape index (κ3) is 22.1. The van der Waals surface area contributed by atoms with Crippen LogP contribution in [-0.4, -0.2) is 72.5 Å². The molecule has 0 saturated heterocycles. The number of hydrogen-bond donors (Lipinski definition) is 2. The molecular formula is C23H57F2N3O6S3. The molecule has 0 spiro atoms. The van der Waals surface area contributed by atoms with E-state index in [4.69, 9.17) is 0 Å². The molecule has 2 N–H and O–H groups in total. The van der Waals surface area contributed by atoms with Crippen molar-refractivity contribution >= 4 is 30.1 Å². The summed E-state index contributed by atoms with van der Waals surface area (Å²) in [5.41, 5.74) is 0. The first-order valence-corrected chi connectivity index (χ1v) is 16.0. The lowest BCUT2D eigenvalue weighted by atomic mass is 10.2. The van der Waals surface area contributed by atoms with Crippen molar-refractivity contribution in [1.29, 1.82) is 0 Å². The van der Waals surface area contributed by atoms with Gasteiger partial charge in [0, 0.05) is 33.6 Å². The first-order chi connectivity index (χ1) is 15.1. The summed E-state index contributed by atoms with van der Waals surface area (Å²) < 4.78 is 96.5. The Hall–Kier alpha value is -0.410. The maximum Gasteiger partial charge on any atom is 0.356 e. The summed E-state index contributed by atoms with van der Waals surface area (Å²) in [4.78, 5) is 0. The molecule has 9 nitrogen and oxygen atoms in total. The average Bonchev–Trinajstić information content (AvgIpc) is 3.50. The Balaban J connectivity index is -0.000000134. The van der Waals surface area contributed by atoms with E-state index in [-0.39, 0.29) is 45.7 Å². The lowest BCUT2D eigenvalue weighted by Gasteiger charge is -2.18. The zero-order valence-corrected chi connectivity index (χ0v) is 24.4. The van der Waals surface area contributed by atoms with Gasteiger partial charge in [0.05, 0.1) is 11.0 Å². The van der Waals surface area contributed by atoms with Crippen molar-refractivity contribution < 1.29 is 34.0 Å². The van der Waals surface area contributed by atoms with Gasteiger partial charge in [-0.2, -0.15) is 8.78 Å². The minimum absolute atomic E-state index is 0. The molecule has 0 radical (unpaired) electrons. The summed E-state index contributed by atoms with van der Waals surface area (Å²) in [5, 5.41) is -3.77. The predicted octanol–water partition coefficient (Wildman–Crippen LogP) is 4.73. The summed E-state index contributed by atoms with van der Waals surface area (Å²) in [7, 11) is -8.69. The summed E-state index contributed by atoms with van der Waals surface area (Å²) >= 11 is 0. The molecule has 0 aliphatic heterocycles. The molecule has 0 aromatic heterocycles. The van der Waals surface area contributed by atoms with E-state index in [0.29, 0.717) is 31.8 Å². The SMILES string of the molecule is C.C.C.CC(C)CN(C)S(=O)(=O)C1CC1.CC(C)CNS(=O)(=O)C(C)(F)F.CCS(=O)(=O)NCC(C)C. The molecule has 0 bridgehead atoms. The van der Waals surface area contributed by atoms with Crippen molar-refractivity contribution in [2.24, 2.45) is 17.8 Å². The van der Waals surface area contributed by atoms with Crippen molar-refractivity contribution in [2.75, 3.05) is 32.4 Å². The molecular weight excluding hydrogens is 548 g/mol. The standard InChI is InChI=1S/C8H17NO2S.C6H13F2NO2S.C6H15NO2S.3CH4/c1-7(2)6-9(3)12(10,11)8-4-5-8;1-5(2)4-9-12(10,11)6(3,7)8;1-4-10(8,9)7-5-6(2)3;;;/h7-8H,4-6H2,1-3H3;5,9H,4H2,1-3H3;6-7H,4-5H2,1-3H3;3*1H4. The molecule has 1 aliphatic carbocycles. The van der Waals surface area contributed by atoms with E-state index in [9.17, 15) is 34.0 Å². The predicted molar refractivity (Wildman–Crippen MR) is 154 cm³/mol. The van der Waals surface area contributed by atoms with Crippen molar-refractivity contribution in [2.45, 2.75) is 101 Å². The first kappa shape index (κ1) is 46.4. The number of alkyl halides is 2. The van der Waals surface area contributed by atoms with Gasteiger partial charge in [-0.05, 0) is 37.5 Å². The van der Waals surface area contributed by atoms with Crippen LogP contribution in [0.5, 0.6) is 0 Å². The van der Waals surface area contributed by atoms with E-state index in [1.807, 2.05) is 32.4 Å². The van der Waals surface area contributed by atoms with Crippen LogP contribution in [0.4, 0.5) is 8.78 Å². The van der Waals surface area contributed by atoms with Crippen LogP contribution in [0.25, 0.3) is 0 Å². The second-order valence-corrected chi connectivity index (χ2v) is 16.0. The van der Waals surface area contributed by atoms with Crippen molar-refractivity contribution in [1.82, 2.24) is 13.7 Å². The van der Waals surface area contributed by atoms with Crippen LogP contribution in [-0.2, 0) is 30.1 Å². The van der Waals surface area contributed by atoms with Crippen molar-refractivity contribution in [3.05, 3.63) is 0 Å². The van der Waals surface area contributed by atoms with Gasteiger partial charge in [0.15, 0.2) is 0 Å². The van der Waals surface area contributed by atoms with E-state index in [0.717, 1.165) is 12.8 Å². The Kier molecular flexibility index (Phi) is 24.6. The highest BCUT2D eigenvalue weighted by Crippen LogP contribution is 2.30. The smallest absolute Gasteiger partial charge is 0.215 e. The summed E-state index contributed by atoms with van der Waals surface area (Å²) in [5.74, 6) is 0.965. The van der Waals surface area contributed by atoms with E-state index in [1.54, 1.807) is 27.8 Å². The van der Waals surface area contributed by atoms with Crippen LogP contribution in [0.3, 0.4) is 0 Å². The van der Waals surface area contributed by atoms with Crippen LogP contribution in [0.2, 0.25) is 0 Å². The highest BCUT2D eigenvalue weighted by atomic mass is 32.2. The minimum atomic E-state index is -4.48. The zero-order chi connectivity index (χ0) is 27.5. The number of rotatable bonds is 12. The normalized spacial score (nSPS) is 14.0. The Morgan fingerprint density at radius 3 is 1.46 bits per heavy atom. The first-order valence-electron chi connectivity index (χ1n) is 11.4. The molecule has 0 heterocycles. The topological polar surface area (TPSA) is 130 Å². The fourth-order valence-corrected chi connectivity index (χ4v) is 5.38. The van der Waals surface area contributed by atoms with Crippen LogP contribution in [0, 0.1) is 17.8 Å². The number of sulfonamides is 3. The molecule has 14 heteroatoms. The van der Waals surface area contributed by atoms with Gasteiger partial charge in [0.25, 0.3) is 10.0 Å². The quantitative estimate of drug-likeness (QED) is 0.331. The van der Waals surface area contributed by atoms with Gasteiger partial charge >= 0.3 is 5.25 Å². The Morgan fingerprint density at radius 2 is 1.19 bits per heavy atom. The minimum Gasteiger partial charge on any atom is -0.215 e. The van der Waals surface area contributed by atoms with E-state index in [1.165, 1.54) is 4.31 Å².